The lowest BCUT2D eigenvalue weighted by atomic mass is 9.99. The Bertz CT molecular complexity index is 960. The number of nitrogens with one attached hydrogen (secondary N) is 3. The zero-order chi connectivity index (χ0) is 20.7. The molecule has 0 heterocycles. The summed E-state index contributed by atoms with van der Waals surface area (Å²) in [4.78, 5) is 23.0. The fraction of sp³-hybridized carbons (Fsp3) is 0.263. The second-order valence-electron chi connectivity index (χ2n) is 6.25. The minimum absolute atomic E-state index is 0.00703. The average molecular weight is 405 g/mol. The molecule has 28 heavy (non-hydrogen) atoms. The predicted octanol–water partition coefficient (Wildman–Crippen LogP) is 2.04. The van der Waals surface area contributed by atoms with Crippen LogP contribution in [0.5, 0.6) is 0 Å². The van der Waals surface area contributed by atoms with E-state index in [2.05, 4.69) is 15.4 Å². The summed E-state index contributed by atoms with van der Waals surface area (Å²) >= 11 is 0. The number of rotatable bonds is 8. The summed E-state index contributed by atoms with van der Waals surface area (Å²) in [5, 5.41) is 14.7. The first kappa shape index (κ1) is 21.4. The zero-order valence-electron chi connectivity index (χ0n) is 15.6. The molecule has 150 valence electrons. The first-order valence-corrected chi connectivity index (χ1v) is 10.5. The zero-order valence-corrected chi connectivity index (χ0v) is 16.4. The molecule has 2 amide bonds. The Hall–Kier alpha value is -2.91. The van der Waals surface area contributed by atoms with E-state index in [1.165, 1.54) is 0 Å². The van der Waals surface area contributed by atoms with Gasteiger partial charge in [0.25, 0.3) is 0 Å². The van der Waals surface area contributed by atoms with Crippen molar-refractivity contribution in [1.82, 2.24) is 10.0 Å². The van der Waals surface area contributed by atoms with Crippen LogP contribution in [0.25, 0.3) is 11.1 Å². The maximum atomic E-state index is 11.7. The SMILES string of the molecule is CCNC(=O)Nc1cccc(-c2cccc(C[C@@H](NS(C)(=O)=O)C(=O)O)c2)c1. The molecule has 0 bridgehead atoms. The topological polar surface area (TPSA) is 125 Å². The Kier molecular flexibility index (Phi) is 7.13. The molecule has 0 aromatic heterocycles. The first-order chi connectivity index (χ1) is 13.2. The van der Waals surface area contributed by atoms with Crippen molar-refractivity contribution in [2.75, 3.05) is 18.1 Å². The number of aliphatic carboxylic acids is 1. The van der Waals surface area contributed by atoms with Crippen molar-refractivity contribution in [2.24, 2.45) is 0 Å². The second kappa shape index (κ2) is 9.34. The molecule has 0 aliphatic rings. The van der Waals surface area contributed by atoms with Crippen LogP contribution < -0.4 is 15.4 Å². The van der Waals surface area contributed by atoms with Gasteiger partial charge in [0.2, 0.25) is 10.0 Å². The number of carboxylic acid groups (broad SMARTS) is 1. The van der Waals surface area contributed by atoms with E-state index in [0.29, 0.717) is 17.8 Å². The van der Waals surface area contributed by atoms with Gasteiger partial charge in [-0.1, -0.05) is 36.4 Å². The molecule has 1 atom stereocenters. The number of hydrogen-bond donors (Lipinski definition) is 4. The van der Waals surface area contributed by atoms with Crippen molar-refractivity contribution in [3.63, 3.8) is 0 Å². The standard InChI is InChI=1S/C19H23N3O5S/c1-3-20-19(25)21-16-9-5-8-15(12-16)14-7-4-6-13(10-14)11-17(18(23)24)22-28(2,26)27/h4-10,12,17,22H,3,11H2,1-2H3,(H,23,24)(H2,20,21,25)/t17-/m1/s1. The first-order valence-electron chi connectivity index (χ1n) is 8.62. The Labute approximate surface area is 164 Å². The quantitative estimate of drug-likeness (QED) is 0.535. The molecule has 0 aliphatic carbocycles. The number of carbonyl (C=O) groups is 2. The van der Waals surface area contributed by atoms with Gasteiger partial charge >= 0.3 is 12.0 Å². The lowest BCUT2D eigenvalue weighted by molar-refractivity contribution is -0.138. The molecule has 8 nitrogen and oxygen atoms in total. The number of hydrogen-bond acceptors (Lipinski definition) is 4. The van der Waals surface area contributed by atoms with E-state index in [-0.39, 0.29) is 12.5 Å². The molecule has 2 aromatic rings. The van der Waals surface area contributed by atoms with E-state index < -0.39 is 22.0 Å². The fourth-order valence-corrected chi connectivity index (χ4v) is 3.36. The number of urea groups is 1. The van der Waals surface area contributed by atoms with Gasteiger partial charge in [0.15, 0.2) is 0 Å². The second-order valence-corrected chi connectivity index (χ2v) is 8.03. The van der Waals surface area contributed by atoms with Crippen LogP contribution in [-0.4, -0.2) is 44.4 Å². The van der Waals surface area contributed by atoms with E-state index in [1.807, 2.05) is 19.1 Å². The number of benzene rings is 2. The van der Waals surface area contributed by atoms with Crippen LogP contribution in [0.2, 0.25) is 0 Å². The largest absolute Gasteiger partial charge is 0.480 e. The number of carboxylic acids is 1. The van der Waals surface area contributed by atoms with Crippen LogP contribution in [0.15, 0.2) is 48.5 Å². The minimum Gasteiger partial charge on any atom is -0.480 e. The lowest BCUT2D eigenvalue weighted by Gasteiger charge is -2.14. The molecule has 0 radical (unpaired) electrons. The summed E-state index contributed by atoms with van der Waals surface area (Å²) in [5.74, 6) is -1.25. The molecule has 0 aliphatic heterocycles. The molecule has 0 spiro atoms. The van der Waals surface area contributed by atoms with Crippen LogP contribution >= 0.6 is 0 Å². The Morgan fingerprint density at radius 2 is 1.71 bits per heavy atom. The van der Waals surface area contributed by atoms with Gasteiger partial charge in [-0.15, -0.1) is 0 Å². The maximum Gasteiger partial charge on any atom is 0.322 e. The van der Waals surface area contributed by atoms with Gasteiger partial charge in [0.05, 0.1) is 6.26 Å². The molecule has 4 N–H and O–H groups in total. The van der Waals surface area contributed by atoms with Gasteiger partial charge in [-0.2, -0.15) is 0 Å². The van der Waals surface area contributed by atoms with Crippen molar-refractivity contribution < 1.29 is 23.1 Å². The summed E-state index contributed by atoms with van der Waals surface area (Å²) in [6.07, 6.45) is 0.930. The summed E-state index contributed by atoms with van der Waals surface area (Å²) in [6.45, 7) is 2.34. The fourth-order valence-electron chi connectivity index (χ4n) is 2.66. The lowest BCUT2D eigenvalue weighted by Crippen LogP contribution is -2.41. The van der Waals surface area contributed by atoms with Crippen LogP contribution in [-0.2, 0) is 21.2 Å². The highest BCUT2D eigenvalue weighted by Gasteiger charge is 2.21. The van der Waals surface area contributed by atoms with E-state index in [9.17, 15) is 23.1 Å². The highest BCUT2D eigenvalue weighted by atomic mass is 32.2. The molecule has 0 saturated heterocycles. The molecule has 2 rings (SSSR count). The highest BCUT2D eigenvalue weighted by molar-refractivity contribution is 7.88. The molecular formula is C19H23N3O5S. The van der Waals surface area contributed by atoms with E-state index in [0.717, 1.165) is 17.4 Å². The van der Waals surface area contributed by atoms with Crippen molar-refractivity contribution in [2.45, 2.75) is 19.4 Å². The number of amides is 2. The summed E-state index contributed by atoms with van der Waals surface area (Å²) in [6, 6.07) is 12.8. The third-order valence-electron chi connectivity index (χ3n) is 3.81. The van der Waals surface area contributed by atoms with Crippen LogP contribution in [0.1, 0.15) is 12.5 Å². The minimum atomic E-state index is -3.65. The average Bonchev–Trinajstić information content (AvgIpc) is 2.60. The summed E-state index contributed by atoms with van der Waals surface area (Å²) < 4.78 is 24.9. The van der Waals surface area contributed by atoms with Gasteiger partial charge in [0, 0.05) is 12.2 Å². The Morgan fingerprint density at radius 1 is 1.07 bits per heavy atom. The summed E-state index contributed by atoms with van der Waals surface area (Å²) in [5.41, 5.74) is 2.94. The molecule has 9 heteroatoms. The normalized spacial score (nSPS) is 12.2. The monoisotopic (exact) mass is 405 g/mol. The third kappa shape index (κ3) is 6.67. The summed E-state index contributed by atoms with van der Waals surface area (Å²) in [7, 11) is -3.65. The molecule has 0 saturated carbocycles. The number of anilines is 1. The van der Waals surface area contributed by atoms with Crippen LogP contribution in [0.4, 0.5) is 10.5 Å². The predicted molar refractivity (Wildman–Crippen MR) is 108 cm³/mol. The van der Waals surface area contributed by atoms with E-state index >= 15 is 0 Å². The van der Waals surface area contributed by atoms with Gasteiger partial charge in [-0.3, -0.25) is 4.79 Å². The molecule has 0 unspecified atom stereocenters. The molecular weight excluding hydrogens is 382 g/mol. The van der Waals surface area contributed by atoms with Crippen LogP contribution in [0.3, 0.4) is 0 Å². The van der Waals surface area contributed by atoms with Gasteiger partial charge in [-0.25, -0.2) is 17.9 Å². The van der Waals surface area contributed by atoms with Crippen molar-refractivity contribution in [3.8, 4) is 11.1 Å². The Balaban J connectivity index is 2.23. The van der Waals surface area contributed by atoms with E-state index in [1.54, 1.807) is 36.4 Å². The maximum absolute atomic E-state index is 11.7. The van der Waals surface area contributed by atoms with Gasteiger partial charge in [0.1, 0.15) is 6.04 Å². The van der Waals surface area contributed by atoms with E-state index in [4.69, 9.17) is 0 Å². The van der Waals surface area contributed by atoms with Crippen molar-refractivity contribution >= 4 is 27.7 Å². The van der Waals surface area contributed by atoms with Gasteiger partial charge < -0.3 is 15.7 Å². The van der Waals surface area contributed by atoms with Crippen molar-refractivity contribution in [1.29, 1.82) is 0 Å². The Morgan fingerprint density at radius 3 is 2.32 bits per heavy atom. The number of carbonyl (C=O) groups excluding carboxylic acids is 1. The smallest absolute Gasteiger partial charge is 0.322 e. The number of sulfonamides is 1. The molecule has 0 fully saturated rings. The molecule has 2 aromatic carbocycles. The van der Waals surface area contributed by atoms with Crippen LogP contribution in [0, 0.1) is 0 Å². The van der Waals surface area contributed by atoms with Gasteiger partial charge in [-0.05, 0) is 42.2 Å². The highest BCUT2D eigenvalue weighted by Crippen LogP contribution is 2.24. The van der Waals surface area contributed by atoms with Crippen molar-refractivity contribution in [3.05, 3.63) is 54.1 Å². The third-order valence-corrected chi connectivity index (χ3v) is 4.53.